The number of amides is 1. The Kier molecular flexibility index (Phi) is 3.03. The summed E-state index contributed by atoms with van der Waals surface area (Å²) in [5, 5.41) is 1.13. The number of hydrogen-bond acceptors (Lipinski definition) is 2. The van der Waals surface area contributed by atoms with E-state index in [1.807, 2.05) is 35.4 Å². The van der Waals surface area contributed by atoms with Crippen molar-refractivity contribution in [2.24, 2.45) is 11.7 Å². The fraction of sp³-hybridized carbons (Fsp3) is 0.400. The number of carbonyl (C=O) groups excluding carboxylic acids is 1. The average molecular weight is 257 g/mol. The highest BCUT2D eigenvalue weighted by Gasteiger charge is 2.26. The number of carbonyl (C=O) groups is 1. The quantitative estimate of drug-likeness (QED) is 0.820. The van der Waals surface area contributed by atoms with Gasteiger partial charge in [-0.05, 0) is 35.9 Å². The van der Waals surface area contributed by atoms with E-state index in [-0.39, 0.29) is 11.9 Å². The van der Waals surface area contributed by atoms with E-state index in [2.05, 4.69) is 11.9 Å². The number of hydrogen-bond donors (Lipinski definition) is 2. The van der Waals surface area contributed by atoms with Gasteiger partial charge >= 0.3 is 0 Å². The zero-order valence-corrected chi connectivity index (χ0v) is 11.1. The maximum atomic E-state index is 12.5. The van der Waals surface area contributed by atoms with E-state index in [0.29, 0.717) is 12.5 Å². The van der Waals surface area contributed by atoms with Crippen LogP contribution in [-0.2, 0) is 0 Å². The van der Waals surface area contributed by atoms with Gasteiger partial charge in [-0.2, -0.15) is 0 Å². The third kappa shape index (κ3) is 2.36. The van der Waals surface area contributed by atoms with E-state index in [1.165, 1.54) is 0 Å². The van der Waals surface area contributed by atoms with Crippen molar-refractivity contribution in [3.05, 3.63) is 36.0 Å². The molecule has 3 N–H and O–H groups in total. The molecule has 1 aromatic heterocycles. The fourth-order valence-electron chi connectivity index (χ4n) is 2.93. The van der Waals surface area contributed by atoms with Gasteiger partial charge in [0, 0.05) is 36.4 Å². The summed E-state index contributed by atoms with van der Waals surface area (Å²) in [5.74, 6) is 0.556. The van der Waals surface area contributed by atoms with Crippen LogP contribution in [0.3, 0.4) is 0 Å². The number of aromatic nitrogens is 1. The van der Waals surface area contributed by atoms with Crippen molar-refractivity contribution >= 4 is 16.8 Å². The van der Waals surface area contributed by atoms with Crippen molar-refractivity contribution in [2.45, 2.75) is 19.4 Å². The van der Waals surface area contributed by atoms with Crippen LogP contribution < -0.4 is 5.73 Å². The Balaban J connectivity index is 1.86. The summed E-state index contributed by atoms with van der Waals surface area (Å²) >= 11 is 0. The average Bonchev–Trinajstić information content (AvgIpc) is 2.83. The summed E-state index contributed by atoms with van der Waals surface area (Å²) in [6, 6.07) is 7.89. The summed E-state index contributed by atoms with van der Waals surface area (Å²) in [6.45, 7) is 3.61. The van der Waals surface area contributed by atoms with Gasteiger partial charge in [0.25, 0.3) is 5.91 Å². The first-order chi connectivity index (χ1) is 9.13. The zero-order valence-electron chi connectivity index (χ0n) is 11.1. The molecule has 4 heteroatoms. The SMILES string of the molecule is CC1CC(N)CN(C(=O)c2ccc3cc[nH]c3c2)C1. The molecule has 2 aromatic rings. The summed E-state index contributed by atoms with van der Waals surface area (Å²) in [6.07, 6.45) is 2.89. The second-order valence-electron chi connectivity index (χ2n) is 5.59. The van der Waals surface area contributed by atoms with Crippen LogP contribution in [-0.4, -0.2) is 34.9 Å². The number of piperidine rings is 1. The van der Waals surface area contributed by atoms with Gasteiger partial charge in [0.15, 0.2) is 0 Å². The van der Waals surface area contributed by atoms with Crippen molar-refractivity contribution in [3.8, 4) is 0 Å². The van der Waals surface area contributed by atoms with Gasteiger partial charge < -0.3 is 15.6 Å². The lowest BCUT2D eigenvalue weighted by Crippen LogP contribution is -2.48. The van der Waals surface area contributed by atoms with Crippen molar-refractivity contribution in [3.63, 3.8) is 0 Å². The van der Waals surface area contributed by atoms with Crippen LogP contribution in [0.4, 0.5) is 0 Å². The lowest BCUT2D eigenvalue weighted by molar-refractivity contribution is 0.0661. The topological polar surface area (TPSA) is 62.1 Å². The van der Waals surface area contributed by atoms with E-state index in [4.69, 9.17) is 5.73 Å². The van der Waals surface area contributed by atoms with E-state index in [0.717, 1.165) is 29.4 Å². The Morgan fingerprint density at radius 3 is 3.00 bits per heavy atom. The van der Waals surface area contributed by atoms with Crippen LogP contribution >= 0.6 is 0 Å². The number of nitrogens with two attached hydrogens (primary N) is 1. The molecule has 0 bridgehead atoms. The fourth-order valence-corrected chi connectivity index (χ4v) is 2.93. The standard InChI is InChI=1S/C15H19N3O/c1-10-6-13(16)9-18(8-10)15(19)12-3-2-11-4-5-17-14(11)7-12/h2-5,7,10,13,17H,6,8-9,16H2,1H3. The molecule has 4 nitrogen and oxygen atoms in total. The molecule has 0 saturated carbocycles. The number of H-pyrrole nitrogens is 1. The van der Waals surface area contributed by atoms with Crippen molar-refractivity contribution in [1.29, 1.82) is 0 Å². The molecule has 1 aliphatic heterocycles. The van der Waals surface area contributed by atoms with Crippen LogP contribution in [0.5, 0.6) is 0 Å². The van der Waals surface area contributed by atoms with Gasteiger partial charge in [0.05, 0.1) is 0 Å². The Morgan fingerprint density at radius 2 is 2.21 bits per heavy atom. The maximum Gasteiger partial charge on any atom is 0.253 e. The smallest absolute Gasteiger partial charge is 0.253 e. The number of nitrogens with one attached hydrogen (secondary N) is 1. The minimum absolute atomic E-state index is 0.0819. The van der Waals surface area contributed by atoms with Crippen LogP contribution in [0.15, 0.2) is 30.5 Å². The maximum absolute atomic E-state index is 12.5. The predicted molar refractivity (Wildman–Crippen MR) is 76.0 cm³/mol. The molecular weight excluding hydrogens is 238 g/mol. The molecule has 1 aliphatic rings. The lowest BCUT2D eigenvalue weighted by Gasteiger charge is -2.34. The third-order valence-electron chi connectivity index (χ3n) is 3.78. The normalized spacial score (nSPS) is 23.8. The first-order valence-corrected chi connectivity index (χ1v) is 6.75. The molecule has 3 rings (SSSR count). The van der Waals surface area contributed by atoms with E-state index in [1.54, 1.807) is 0 Å². The first kappa shape index (κ1) is 12.2. The number of fused-ring (bicyclic) bond motifs is 1. The number of likely N-dealkylation sites (tertiary alicyclic amines) is 1. The van der Waals surface area contributed by atoms with Crippen molar-refractivity contribution in [2.75, 3.05) is 13.1 Å². The molecule has 2 unspecified atom stereocenters. The van der Waals surface area contributed by atoms with Crippen LogP contribution in [0.25, 0.3) is 10.9 Å². The summed E-state index contributed by atoms with van der Waals surface area (Å²) in [4.78, 5) is 17.5. The highest BCUT2D eigenvalue weighted by molar-refractivity contribution is 5.98. The molecule has 1 fully saturated rings. The molecule has 0 spiro atoms. The van der Waals surface area contributed by atoms with Gasteiger partial charge in [-0.3, -0.25) is 4.79 Å². The van der Waals surface area contributed by atoms with E-state index >= 15 is 0 Å². The van der Waals surface area contributed by atoms with Crippen LogP contribution in [0, 0.1) is 5.92 Å². The van der Waals surface area contributed by atoms with Crippen molar-refractivity contribution in [1.82, 2.24) is 9.88 Å². The van der Waals surface area contributed by atoms with Gasteiger partial charge in [-0.15, -0.1) is 0 Å². The molecule has 0 radical (unpaired) electrons. The number of benzene rings is 1. The van der Waals surface area contributed by atoms with E-state index in [9.17, 15) is 4.79 Å². The zero-order chi connectivity index (χ0) is 13.4. The monoisotopic (exact) mass is 257 g/mol. The molecule has 100 valence electrons. The molecule has 2 heterocycles. The van der Waals surface area contributed by atoms with Gasteiger partial charge in [-0.1, -0.05) is 13.0 Å². The first-order valence-electron chi connectivity index (χ1n) is 6.75. The van der Waals surface area contributed by atoms with Gasteiger partial charge in [0.2, 0.25) is 0 Å². The molecule has 2 atom stereocenters. The van der Waals surface area contributed by atoms with Gasteiger partial charge in [0.1, 0.15) is 0 Å². The Morgan fingerprint density at radius 1 is 1.37 bits per heavy atom. The Hall–Kier alpha value is -1.81. The minimum atomic E-state index is 0.0819. The lowest BCUT2D eigenvalue weighted by atomic mass is 9.96. The predicted octanol–water partition coefficient (Wildman–Crippen LogP) is 1.98. The Bertz CT molecular complexity index is 594. The highest BCUT2D eigenvalue weighted by Crippen LogP contribution is 2.20. The molecular formula is C15H19N3O. The molecule has 1 saturated heterocycles. The molecule has 1 aromatic carbocycles. The third-order valence-corrected chi connectivity index (χ3v) is 3.78. The number of rotatable bonds is 1. The van der Waals surface area contributed by atoms with E-state index < -0.39 is 0 Å². The van der Waals surface area contributed by atoms with Crippen molar-refractivity contribution < 1.29 is 4.79 Å². The summed E-state index contributed by atoms with van der Waals surface area (Å²) in [5.41, 5.74) is 7.74. The molecule has 1 amide bonds. The molecule has 0 aliphatic carbocycles. The Labute approximate surface area is 112 Å². The summed E-state index contributed by atoms with van der Waals surface area (Å²) < 4.78 is 0. The summed E-state index contributed by atoms with van der Waals surface area (Å²) in [7, 11) is 0. The van der Waals surface area contributed by atoms with Gasteiger partial charge in [-0.25, -0.2) is 0 Å². The largest absolute Gasteiger partial charge is 0.361 e. The second-order valence-corrected chi connectivity index (χ2v) is 5.59. The van der Waals surface area contributed by atoms with Crippen LogP contribution in [0.1, 0.15) is 23.7 Å². The van der Waals surface area contributed by atoms with Crippen LogP contribution in [0.2, 0.25) is 0 Å². The number of aromatic amines is 1. The second kappa shape index (κ2) is 4.70. The highest BCUT2D eigenvalue weighted by atomic mass is 16.2. The molecule has 19 heavy (non-hydrogen) atoms. The minimum Gasteiger partial charge on any atom is -0.361 e. The number of nitrogens with zero attached hydrogens (tertiary/aromatic N) is 1.